The molecule has 0 radical (unpaired) electrons. The molecule has 3 nitrogen and oxygen atoms in total. The fourth-order valence-corrected chi connectivity index (χ4v) is 1.91. The third kappa shape index (κ3) is 2.02. The largest absolute Gasteiger partial charge is 0.314 e. The van der Waals surface area contributed by atoms with Crippen LogP contribution in [0.5, 0.6) is 0 Å². The van der Waals surface area contributed by atoms with E-state index in [1.807, 2.05) is 7.05 Å². The number of hydrogen-bond acceptors (Lipinski definition) is 2. The molecule has 2 rings (SSSR count). The fraction of sp³-hybridized carbons (Fsp3) is 0.700. The van der Waals surface area contributed by atoms with E-state index in [9.17, 15) is 8.78 Å². The minimum absolute atomic E-state index is 0.0483. The fourth-order valence-electron chi connectivity index (χ4n) is 1.91. The lowest BCUT2D eigenvalue weighted by molar-refractivity contribution is 0.144. The van der Waals surface area contributed by atoms with E-state index in [0.717, 1.165) is 12.8 Å². The second kappa shape index (κ2) is 3.56. The van der Waals surface area contributed by atoms with Crippen LogP contribution in [0.2, 0.25) is 0 Å². The Balaban J connectivity index is 2.20. The summed E-state index contributed by atoms with van der Waals surface area (Å²) in [6.07, 6.45) is 1.98. The van der Waals surface area contributed by atoms with E-state index in [1.165, 1.54) is 4.68 Å². The summed E-state index contributed by atoms with van der Waals surface area (Å²) < 4.78 is 26.7. The Kier molecular flexibility index (Phi) is 2.50. The number of nitrogens with one attached hydrogen (secondary N) is 1. The van der Waals surface area contributed by atoms with Crippen LogP contribution in [-0.2, 0) is 13.5 Å². The van der Waals surface area contributed by atoms with Gasteiger partial charge in [-0.25, -0.2) is 8.78 Å². The van der Waals surface area contributed by atoms with Gasteiger partial charge < -0.3 is 5.32 Å². The van der Waals surface area contributed by atoms with Gasteiger partial charge in [-0.3, -0.25) is 4.68 Å². The van der Waals surface area contributed by atoms with Crippen molar-refractivity contribution in [3.05, 3.63) is 17.5 Å². The van der Waals surface area contributed by atoms with E-state index in [1.54, 1.807) is 13.2 Å². The molecule has 1 aromatic heterocycles. The molecule has 1 aromatic rings. The number of nitrogens with zero attached hydrogens (tertiary/aromatic N) is 2. The topological polar surface area (TPSA) is 29.9 Å². The number of rotatable bonds is 4. The summed E-state index contributed by atoms with van der Waals surface area (Å²) in [6.45, 7) is 0. The molecule has 0 amide bonds. The van der Waals surface area contributed by atoms with Crippen molar-refractivity contribution < 1.29 is 8.78 Å². The molecule has 0 aliphatic heterocycles. The molecule has 84 valence electrons. The van der Waals surface area contributed by atoms with E-state index >= 15 is 0 Å². The molecule has 1 fully saturated rings. The van der Waals surface area contributed by atoms with Crippen molar-refractivity contribution in [3.8, 4) is 0 Å². The maximum atomic E-state index is 12.6. The summed E-state index contributed by atoms with van der Waals surface area (Å²) in [6, 6.07) is 0. The first kappa shape index (κ1) is 10.5. The van der Waals surface area contributed by atoms with Crippen LogP contribution < -0.4 is 5.32 Å². The number of alkyl halides is 2. The van der Waals surface area contributed by atoms with Crippen LogP contribution in [0.4, 0.5) is 8.78 Å². The van der Waals surface area contributed by atoms with Crippen molar-refractivity contribution >= 4 is 0 Å². The smallest absolute Gasteiger partial charge is 0.282 e. The maximum absolute atomic E-state index is 12.6. The van der Waals surface area contributed by atoms with Crippen molar-refractivity contribution in [2.75, 3.05) is 7.05 Å². The number of aromatic nitrogens is 2. The quantitative estimate of drug-likeness (QED) is 0.827. The molecule has 0 atom stereocenters. The molecule has 1 saturated carbocycles. The van der Waals surface area contributed by atoms with Gasteiger partial charge in [0.25, 0.3) is 6.43 Å². The molecule has 0 saturated heterocycles. The highest BCUT2D eigenvalue weighted by Crippen LogP contribution is 2.39. The zero-order chi connectivity index (χ0) is 11.1. The predicted octanol–water partition coefficient (Wildman–Crippen LogP) is 1.65. The molecule has 0 spiro atoms. The SMILES string of the molecule is CNC1(Cc2cn(C)nc2C(F)F)CC1. The van der Waals surface area contributed by atoms with Crippen LogP contribution >= 0.6 is 0 Å². The zero-order valence-corrected chi connectivity index (χ0v) is 8.93. The second-order valence-corrected chi connectivity index (χ2v) is 4.22. The standard InChI is InChI=1S/C10H15F2N3/c1-13-10(3-4-10)5-7-6-15(2)14-8(7)9(11)12/h6,9,13H,3-5H2,1-2H3. The van der Waals surface area contributed by atoms with E-state index in [2.05, 4.69) is 10.4 Å². The average Bonchev–Trinajstić information content (AvgIpc) is 2.84. The van der Waals surface area contributed by atoms with Gasteiger partial charge in [-0.2, -0.15) is 5.10 Å². The van der Waals surface area contributed by atoms with Gasteiger partial charge in [-0.15, -0.1) is 0 Å². The first-order chi connectivity index (χ1) is 7.06. The normalized spacial score (nSPS) is 18.5. The van der Waals surface area contributed by atoms with Gasteiger partial charge in [0.05, 0.1) is 0 Å². The van der Waals surface area contributed by atoms with Gasteiger partial charge in [0, 0.05) is 24.3 Å². The molecule has 0 bridgehead atoms. The summed E-state index contributed by atoms with van der Waals surface area (Å²) in [7, 11) is 3.56. The highest BCUT2D eigenvalue weighted by atomic mass is 19.3. The molecule has 0 unspecified atom stereocenters. The number of aryl methyl sites for hydroxylation is 1. The summed E-state index contributed by atoms with van der Waals surface area (Å²) in [5, 5.41) is 6.99. The maximum Gasteiger partial charge on any atom is 0.282 e. The summed E-state index contributed by atoms with van der Waals surface area (Å²) >= 11 is 0. The molecule has 15 heavy (non-hydrogen) atoms. The Bertz CT molecular complexity index is 356. The third-order valence-electron chi connectivity index (χ3n) is 3.06. The molecular weight excluding hydrogens is 200 g/mol. The first-order valence-corrected chi connectivity index (χ1v) is 5.06. The van der Waals surface area contributed by atoms with Crippen LogP contribution in [0.25, 0.3) is 0 Å². The summed E-state index contributed by atoms with van der Waals surface area (Å²) in [4.78, 5) is 0. The van der Waals surface area contributed by atoms with Crippen LogP contribution in [0, 0.1) is 0 Å². The Labute approximate surface area is 87.5 Å². The van der Waals surface area contributed by atoms with Crippen LogP contribution in [0.15, 0.2) is 6.20 Å². The van der Waals surface area contributed by atoms with E-state index in [4.69, 9.17) is 0 Å². The lowest BCUT2D eigenvalue weighted by Gasteiger charge is -2.13. The van der Waals surface area contributed by atoms with Crippen molar-refractivity contribution in [1.82, 2.24) is 15.1 Å². The first-order valence-electron chi connectivity index (χ1n) is 5.06. The second-order valence-electron chi connectivity index (χ2n) is 4.22. The van der Waals surface area contributed by atoms with Gasteiger partial charge in [-0.1, -0.05) is 0 Å². The molecule has 1 aliphatic rings. The number of halogens is 2. The molecule has 1 heterocycles. The Morgan fingerprint density at radius 1 is 1.60 bits per heavy atom. The van der Waals surface area contributed by atoms with Crippen LogP contribution in [-0.4, -0.2) is 22.4 Å². The van der Waals surface area contributed by atoms with Gasteiger partial charge in [0.15, 0.2) is 0 Å². The summed E-state index contributed by atoms with van der Waals surface area (Å²) in [5.74, 6) is 0. The average molecular weight is 215 g/mol. The van der Waals surface area contributed by atoms with Crippen molar-refractivity contribution in [2.45, 2.75) is 31.2 Å². The van der Waals surface area contributed by atoms with Crippen molar-refractivity contribution in [3.63, 3.8) is 0 Å². The molecule has 1 N–H and O–H groups in total. The molecule has 5 heteroatoms. The van der Waals surface area contributed by atoms with Crippen molar-refractivity contribution in [2.24, 2.45) is 7.05 Å². The van der Waals surface area contributed by atoms with Gasteiger partial charge in [-0.05, 0) is 26.3 Å². The van der Waals surface area contributed by atoms with Gasteiger partial charge in [0.2, 0.25) is 0 Å². The number of likely N-dealkylation sites (N-methyl/N-ethyl adjacent to an activating group) is 1. The number of hydrogen-bond donors (Lipinski definition) is 1. The Morgan fingerprint density at radius 3 is 2.73 bits per heavy atom. The van der Waals surface area contributed by atoms with Crippen molar-refractivity contribution in [1.29, 1.82) is 0 Å². The third-order valence-corrected chi connectivity index (χ3v) is 3.06. The highest BCUT2D eigenvalue weighted by Gasteiger charge is 2.42. The monoisotopic (exact) mass is 215 g/mol. The Morgan fingerprint density at radius 2 is 2.27 bits per heavy atom. The van der Waals surface area contributed by atoms with Crippen LogP contribution in [0.1, 0.15) is 30.5 Å². The predicted molar refractivity (Wildman–Crippen MR) is 52.9 cm³/mol. The minimum Gasteiger partial charge on any atom is -0.314 e. The van der Waals surface area contributed by atoms with E-state index < -0.39 is 6.43 Å². The Hall–Kier alpha value is -0.970. The lowest BCUT2D eigenvalue weighted by atomic mass is 10.1. The van der Waals surface area contributed by atoms with E-state index in [0.29, 0.717) is 12.0 Å². The summed E-state index contributed by atoms with van der Waals surface area (Å²) in [5.41, 5.74) is 0.644. The zero-order valence-electron chi connectivity index (χ0n) is 8.93. The lowest BCUT2D eigenvalue weighted by Crippen LogP contribution is -2.29. The minimum atomic E-state index is -2.48. The van der Waals surface area contributed by atoms with Gasteiger partial charge in [0.1, 0.15) is 5.69 Å². The highest BCUT2D eigenvalue weighted by molar-refractivity contribution is 5.24. The van der Waals surface area contributed by atoms with E-state index in [-0.39, 0.29) is 11.2 Å². The van der Waals surface area contributed by atoms with Gasteiger partial charge >= 0.3 is 0 Å². The molecular formula is C10H15F2N3. The van der Waals surface area contributed by atoms with Crippen LogP contribution in [0.3, 0.4) is 0 Å². The molecule has 0 aromatic carbocycles. The molecule has 1 aliphatic carbocycles.